The van der Waals surface area contributed by atoms with Crippen LogP contribution in [0.15, 0.2) is 41.5 Å². The predicted octanol–water partition coefficient (Wildman–Crippen LogP) is -0.232. The van der Waals surface area contributed by atoms with Crippen LogP contribution >= 0.6 is 0 Å². The van der Waals surface area contributed by atoms with Crippen LogP contribution < -0.4 is 17.0 Å². The van der Waals surface area contributed by atoms with Gasteiger partial charge in [-0.15, -0.1) is 0 Å². The Bertz CT molecular complexity index is 642. The number of nitrogens with zero attached hydrogens (tertiary/aromatic N) is 2. The van der Waals surface area contributed by atoms with E-state index in [-0.39, 0.29) is 18.0 Å². The van der Waals surface area contributed by atoms with E-state index in [9.17, 15) is 9.59 Å². The highest BCUT2D eigenvalue weighted by molar-refractivity contribution is 5.78. The number of carbonyl (C=O) groups excluding carboxylic acids is 1. The Kier molecular flexibility index (Phi) is 3.82. The maximum atomic E-state index is 11.8. The molecule has 2 rings (SSSR count). The van der Waals surface area contributed by atoms with Crippen molar-refractivity contribution >= 4 is 5.91 Å². The highest BCUT2D eigenvalue weighted by Crippen LogP contribution is 2.10. The summed E-state index contributed by atoms with van der Waals surface area (Å²) in [6, 6.07) is 7.50. The summed E-state index contributed by atoms with van der Waals surface area (Å²) in [4.78, 5) is 23.1. The fourth-order valence-electron chi connectivity index (χ4n) is 1.92. The largest absolute Gasteiger partial charge is 0.328 e. The van der Waals surface area contributed by atoms with Crippen molar-refractivity contribution in [1.29, 1.82) is 0 Å². The third-order valence-corrected chi connectivity index (χ3v) is 2.99. The Hall–Kier alpha value is -2.34. The molecule has 1 aromatic heterocycles. The summed E-state index contributed by atoms with van der Waals surface area (Å²) in [5.41, 5.74) is 3.82. The van der Waals surface area contributed by atoms with E-state index in [0.29, 0.717) is 6.54 Å². The zero-order chi connectivity index (χ0) is 13.8. The zero-order valence-corrected chi connectivity index (χ0v) is 10.7. The first-order valence-corrected chi connectivity index (χ1v) is 5.90. The second-order valence-corrected chi connectivity index (χ2v) is 4.33. The van der Waals surface area contributed by atoms with Crippen molar-refractivity contribution in [2.24, 2.45) is 12.9 Å². The molecule has 0 atom stereocenters. The van der Waals surface area contributed by atoms with Crippen molar-refractivity contribution in [3.8, 4) is 0 Å². The van der Waals surface area contributed by atoms with Gasteiger partial charge in [-0.1, -0.05) is 24.3 Å². The van der Waals surface area contributed by atoms with Crippen LogP contribution in [-0.4, -0.2) is 15.0 Å². The van der Waals surface area contributed by atoms with Crippen molar-refractivity contribution in [2.75, 3.05) is 0 Å². The van der Waals surface area contributed by atoms with Crippen LogP contribution in [0.1, 0.15) is 11.1 Å². The van der Waals surface area contributed by atoms with Crippen LogP contribution in [0.2, 0.25) is 0 Å². The molecule has 6 heteroatoms. The minimum absolute atomic E-state index is 0.0851. The van der Waals surface area contributed by atoms with Crippen molar-refractivity contribution < 1.29 is 4.79 Å². The number of hydrazine groups is 1. The van der Waals surface area contributed by atoms with Crippen LogP contribution in [0, 0.1) is 0 Å². The molecule has 0 radical (unpaired) electrons. The number of nitrogens with two attached hydrogens (primary N) is 1. The molecule has 19 heavy (non-hydrogen) atoms. The average Bonchev–Trinajstić information content (AvgIpc) is 2.73. The Morgan fingerprint density at radius 2 is 1.95 bits per heavy atom. The van der Waals surface area contributed by atoms with Gasteiger partial charge in [0.1, 0.15) is 0 Å². The summed E-state index contributed by atoms with van der Waals surface area (Å²) in [6.07, 6.45) is 3.63. The lowest BCUT2D eigenvalue weighted by Crippen LogP contribution is -2.31. The van der Waals surface area contributed by atoms with E-state index in [2.05, 4.69) is 5.43 Å². The third-order valence-electron chi connectivity index (χ3n) is 2.99. The molecule has 0 saturated heterocycles. The van der Waals surface area contributed by atoms with Crippen LogP contribution in [0.3, 0.4) is 0 Å². The molecule has 0 aliphatic heterocycles. The number of nitrogens with one attached hydrogen (secondary N) is 1. The quantitative estimate of drug-likeness (QED) is 0.452. The van der Waals surface area contributed by atoms with E-state index in [4.69, 9.17) is 5.84 Å². The molecule has 6 nitrogen and oxygen atoms in total. The highest BCUT2D eigenvalue weighted by Gasteiger charge is 2.08. The molecule has 1 amide bonds. The molecule has 0 bridgehead atoms. The number of carbonyl (C=O) groups is 1. The molecule has 0 aliphatic rings. The fraction of sp³-hybridized carbons (Fsp3) is 0.231. The number of aromatic nitrogens is 2. The normalized spacial score (nSPS) is 10.4. The zero-order valence-electron chi connectivity index (χ0n) is 10.7. The van der Waals surface area contributed by atoms with Gasteiger partial charge < -0.3 is 4.57 Å². The van der Waals surface area contributed by atoms with Gasteiger partial charge in [0.25, 0.3) is 0 Å². The monoisotopic (exact) mass is 260 g/mol. The molecule has 1 aromatic carbocycles. The lowest BCUT2D eigenvalue weighted by molar-refractivity contribution is -0.120. The van der Waals surface area contributed by atoms with E-state index in [1.54, 1.807) is 24.0 Å². The van der Waals surface area contributed by atoms with Gasteiger partial charge in [-0.25, -0.2) is 10.6 Å². The standard InChI is InChI=1S/C13H16N4O2/c1-16-6-7-17(13(16)19)9-11-5-3-2-4-10(11)8-12(18)15-14/h2-7H,8-9,14H2,1H3,(H,15,18). The van der Waals surface area contributed by atoms with Crippen LogP contribution in [0.25, 0.3) is 0 Å². The smallest absolute Gasteiger partial charge is 0.302 e. The van der Waals surface area contributed by atoms with Crippen molar-refractivity contribution in [3.05, 3.63) is 58.3 Å². The molecule has 0 fully saturated rings. The van der Waals surface area contributed by atoms with Crippen LogP contribution in [0.4, 0.5) is 0 Å². The number of imidazole rings is 1. The number of benzene rings is 1. The maximum Gasteiger partial charge on any atom is 0.328 e. The molecular weight excluding hydrogens is 244 g/mol. The van der Waals surface area contributed by atoms with Gasteiger partial charge >= 0.3 is 5.69 Å². The molecule has 100 valence electrons. The first-order valence-electron chi connectivity index (χ1n) is 5.90. The van der Waals surface area contributed by atoms with Crippen molar-refractivity contribution in [2.45, 2.75) is 13.0 Å². The predicted molar refractivity (Wildman–Crippen MR) is 71.3 cm³/mol. The molecule has 2 aromatic rings. The van der Waals surface area contributed by atoms with Crippen molar-refractivity contribution in [3.63, 3.8) is 0 Å². The number of amides is 1. The van der Waals surface area contributed by atoms with Gasteiger partial charge in [-0.3, -0.25) is 14.8 Å². The first kappa shape index (κ1) is 13.1. The highest BCUT2D eigenvalue weighted by atomic mass is 16.2. The Labute approximate surface area is 110 Å². The first-order chi connectivity index (χ1) is 9.11. The Morgan fingerprint density at radius 1 is 1.26 bits per heavy atom. The summed E-state index contributed by atoms with van der Waals surface area (Å²) >= 11 is 0. The van der Waals surface area contributed by atoms with Crippen molar-refractivity contribution in [1.82, 2.24) is 14.6 Å². The van der Waals surface area contributed by atoms with Gasteiger partial charge in [0, 0.05) is 19.4 Å². The second kappa shape index (κ2) is 5.53. The molecule has 0 unspecified atom stereocenters. The molecule has 1 heterocycles. The number of aryl methyl sites for hydroxylation is 1. The van der Waals surface area contributed by atoms with E-state index in [1.165, 1.54) is 4.57 Å². The number of hydrogen-bond acceptors (Lipinski definition) is 3. The van der Waals surface area contributed by atoms with E-state index < -0.39 is 0 Å². The lowest BCUT2D eigenvalue weighted by atomic mass is 10.0. The van der Waals surface area contributed by atoms with Gasteiger partial charge in [0.05, 0.1) is 13.0 Å². The van der Waals surface area contributed by atoms with E-state index in [1.807, 2.05) is 24.3 Å². The molecule has 0 saturated carbocycles. The summed E-state index contributed by atoms with van der Waals surface area (Å²) in [7, 11) is 1.70. The fourth-order valence-corrected chi connectivity index (χ4v) is 1.92. The van der Waals surface area contributed by atoms with Gasteiger partial charge in [-0.05, 0) is 11.1 Å². The van der Waals surface area contributed by atoms with Crippen LogP contribution in [-0.2, 0) is 24.8 Å². The Balaban J connectivity index is 2.27. The minimum Gasteiger partial charge on any atom is -0.302 e. The summed E-state index contributed by atoms with van der Waals surface area (Å²) < 4.78 is 3.11. The SMILES string of the molecule is Cn1ccn(Cc2ccccc2CC(=O)NN)c1=O. The van der Waals surface area contributed by atoms with Gasteiger partial charge in [0.2, 0.25) is 5.91 Å². The van der Waals surface area contributed by atoms with Crippen LogP contribution in [0.5, 0.6) is 0 Å². The van der Waals surface area contributed by atoms with Gasteiger partial charge in [-0.2, -0.15) is 0 Å². The second-order valence-electron chi connectivity index (χ2n) is 4.33. The summed E-state index contributed by atoms with van der Waals surface area (Å²) in [6.45, 7) is 0.438. The molecule has 3 N–H and O–H groups in total. The van der Waals surface area contributed by atoms with Gasteiger partial charge in [0.15, 0.2) is 0 Å². The average molecular weight is 260 g/mol. The Morgan fingerprint density at radius 3 is 2.53 bits per heavy atom. The third kappa shape index (κ3) is 2.92. The topological polar surface area (TPSA) is 82.1 Å². The maximum absolute atomic E-state index is 11.8. The molecular formula is C13H16N4O2. The number of hydrogen-bond donors (Lipinski definition) is 2. The molecule has 0 aliphatic carbocycles. The molecule has 0 spiro atoms. The lowest BCUT2D eigenvalue weighted by Gasteiger charge is -2.09. The summed E-state index contributed by atoms with van der Waals surface area (Å²) in [5, 5.41) is 0. The summed E-state index contributed by atoms with van der Waals surface area (Å²) in [5.74, 6) is 4.84. The minimum atomic E-state index is -0.257. The van der Waals surface area contributed by atoms with E-state index in [0.717, 1.165) is 11.1 Å². The number of rotatable bonds is 4. The van der Waals surface area contributed by atoms with E-state index >= 15 is 0 Å².